The average Bonchev–Trinajstić information content (AvgIpc) is 3.35. The zero-order valence-corrected chi connectivity index (χ0v) is 18.7. The number of unbranched alkanes of at least 4 members (excludes halogenated alkanes) is 1. The number of benzene rings is 1. The molecule has 1 heterocycles. The van der Waals surface area contributed by atoms with Crippen LogP contribution in [0.3, 0.4) is 0 Å². The van der Waals surface area contributed by atoms with E-state index in [4.69, 9.17) is 14.5 Å². The highest BCUT2D eigenvalue weighted by molar-refractivity contribution is 5.69. The fourth-order valence-corrected chi connectivity index (χ4v) is 4.39. The van der Waals surface area contributed by atoms with Gasteiger partial charge in [0, 0.05) is 24.7 Å². The van der Waals surface area contributed by atoms with E-state index < -0.39 is 6.10 Å². The number of fused-ring (bicyclic) bond motifs is 2. The third-order valence-electron chi connectivity index (χ3n) is 5.99. The molecule has 0 amide bonds. The highest BCUT2D eigenvalue weighted by Gasteiger charge is 2.49. The first-order chi connectivity index (χ1) is 15.0. The summed E-state index contributed by atoms with van der Waals surface area (Å²) in [5.41, 5.74) is 1.24. The lowest BCUT2D eigenvalue weighted by Crippen LogP contribution is -2.28. The molecule has 5 heteroatoms. The highest BCUT2D eigenvalue weighted by Crippen LogP contribution is 2.44. The van der Waals surface area contributed by atoms with Crippen LogP contribution in [0.5, 0.6) is 0 Å². The molecule has 0 spiro atoms. The van der Waals surface area contributed by atoms with Crippen LogP contribution in [0, 0.1) is 11.8 Å². The number of hydrogen-bond acceptors (Lipinski definition) is 5. The smallest absolute Gasteiger partial charge is 0.306 e. The Labute approximate surface area is 186 Å². The van der Waals surface area contributed by atoms with E-state index in [1.165, 1.54) is 5.56 Å². The number of hydrogen-bond donors (Lipinski definition) is 1. The number of allylic oxidation sites excluding steroid dienone is 2. The molecular weight excluding hydrogens is 392 g/mol. The van der Waals surface area contributed by atoms with Crippen LogP contribution in [-0.4, -0.2) is 35.5 Å². The van der Waals surface area contributed by atoms with E-state index in [9.17, 15) is 9.90 Å². The Hall–Kier alpha value is -1.95. The standard InChI is InChI=1S/C26H36O5/c1-19(2)29-26(28)13-9-4-3-8-12-22-23(25-18-24(22)30-31-25)17-16-21(27)15-14-20-10-6-5-7-11-20/h3,5-8,10-11,16-17,19,21-25,27H,4,9,12-15,18H2,1-2H3/t21-,22+,23+,24-,25+/m0/s1. The first kappa shape index (κ1) is 23.7. The second-order valence-electron chi connectivity index (χ2n) is 8.86. The van der Waals surface area contributed by atoms with Crippen molar-refractivity contribution in [3.8, 4) is 0 Å². The van der Waals surface area contributed by atoms with Crippen molar-refractivity contribution in [3.63, 3.8) is 0 Å². The number of aryl methyl sites for hydroxylation is 1. The van der Waals surface area contributed by atoms with Crippen LogP contribution in [-0.2, 0) is 25.7 Å². The first-order valence-corrected chi connectivity index (χ1v) is 11.6. The second-order valence-corrected chi connectivity index (χ2v) is 8.86. The maximum atomic E-state index is 11.6. The number of carbonyl (C=O) groups is 1. The summed E-state index contributed by atoms with van der Waals surface area (Å²) in [7, 11) is 0. The van der Waals surface area contributed by atoms with Crippen molar-refractivity contribution in [1.82, 2.24) is 0 Å². The number of aliphatic hydroxyl groups excluding tert-OH is 1. The minimum atomic E-state index is -0.456. The van der Waals surface area contributed by atoms with Crippen molar-refractivity contribution < 1.29 is 24.4 Å². The van der Waals surface area contributed by atoms with Gasteiger partial charge in [-0.2, -0.15) is 0 Å². The summed E-state index contributed by atoms with van der Waals surface area (Å²) in [5, 5.41) is 10.4. The SMILES string of the molecule is CC(C)OC(=O)CCCC=CC[C@@H]1[C@@H](C=C[C@@H](O)CCc2ccccc2)[C@H]2C[C@@H]1OO2. The topological polar surface area (TPSA) is 65.0 Å². The van der Waals surface area contributed by atoms with Crippen LogP contribution in [0.4, 0.5) is 0 Å². The van der Waals surface area contributed by atoms with Crippen molar-refractivity contribution >= 4 is 5.97 Å². The molecule has 0 radical (unpaired) electrons. The molecule has 1 saturated carbocycles. The molecule has 5 atom stereocenters. The van der Waals surface area contributed by atoms with Gasteiger partial charge in [0.05, 0.1) is 18.3 Å². The fourth-order valence-electron chi connectivity index (χ4n) is 4.39. The van der Waals surface area contributed by atoms with Crippen LogP contribution in [0.25, 0.3) is 0 Å². The Kier molecular flexibility index (Phi) is 9.31. The van der Waals surface area contributed by atoms with Gasteiger partial charge in [0.2, 0.25) is 0 Å². The van der Waals surface area contributed by atoms with E-state index in [0.29, 0.717) is 18.8 Å². The molecule has 5 nitrogen and oxygen atoms in total. The van der Waals surface area contributed by atoms with E-state index in [2.05, 4.69) is 30.4 Å². The van der Waals surface area contributed by atoms with Crippen LogP contribution < -0.4 is 0 Å². The molecule has 3 rings (SSSR count). The molecule has 1 aliphatic carbocycles. The molecular formula is C26H36O5. The Morgan fingerprint density at radius 1 is 1.19 bits per heavy atom. The minimum Gasteiger partial charge on any atom is -0.463 e. The normalized spacial score (nSPS) is 26.3. The van der Waals surface area contributed by atoms with Crippen molar-refractivity contribution in [3.05, 3.63) is 60.2 Å². The van der Waals surface area contributed by atoms with E-state index >= 15 is 0 Å². The predicted molar refractivity (Wildman–Crippen MR) is 120 cm³/mol. The Morgan fingerprint density at radius 2 is 1.97 bits per heavy atom. The molecule has 1 N–H and O–H groups in total. The van der Waals surface area contributed by atoms with Crippen LogP contribution in [0.2, 0.25) is 0 Å². The third kappa shape index (κ3) is 7.60. The van der Waals surface area contributed by atoms with E-state index in [1.54, 1.807) is 0 Å². The molecule has 1 aromatic carbocycles. The summed E-state index contributed by atoms with van der Waals surface area (Å²) < 4.78 is 5.15. The van der Waals surface area contributed by atoms with Crippen molar-refractivity contribution in [2.45, 2.75) is 83.2 Å². The number of ether oxygens (including phenoxy) is 1. The second kappa shape index (κ2) is 12.2. The molecule has 170 valence electrons. The molecule has 1 aromatic rings. The molecule has 0 aromatic heterocycles. The van der Waals surface area contributed by atoms with Crippen LogP contribution in [0.1, 0.15) is 57.9 Å². The quantitative estimate of drug-likeness (QED) is 0.221. The van der Waals surface area contributed by atoms with Crippen LogP contribution >= 0.6 is 0 Å². The van der Waals surface area contributed by atoms with Gasteiger partial charge in [0.15, 0.2) is 0 Å². The number of rotatable bonds is 12. The lowest BCUT2D eigenvalue weighted by atomic mass is 9.89. The molecule has 0 unspecified atom stereocenters. The molecule has 2 bridgehead atoms. The van der Waals surface area contributed by atoms with Gasteiger partial charge in [-0.15, -0.1) is 0 Å². The summed E-state index contributed by atoms with van der Waals surface area (Å²) in [6, 6.07) is 10.2. The lowest BCUT2D eigenvalue weighted by molar-refractivity contribution is -0.336. The molecule has 2 aliphatic rings. The van der Waals surface area contributed by atoms with Crippen molar-refractivity contribution in [2.24, 2.45) is 11.8 Å². The van der Waals surface area contributed by atoms with Gasteiger partial charge in [-0.25, -0.2) is 9.78 Å². The summed E-state index contributed by atoms with van der Waals surface area (Å²) in [6.07, 6.45) is 13.6. The monoisotopic (exact) mass is 428 g/mol. The zero-order chi connectivity index (χ0) is 22.1. The van der Waals surface area contributed by atoms with E-state index in [0.717, 1.165) is 32.1 Å². The van der Waals surface area contributed by atoms with E-state index in [-0.39, 0.29) is 30.2 Å². The third-order valence-corrected chi connectivity index (χ3v) is 5.99. The van der Waals surface area contributed by atoms with Crippen molar-refractivity contribution in [1.29, 1.82) is 0 Å². The minimum absolute atomic E-state index is 0.0510. The number of carbonyl (C=O) groups excluding carboxylic acids is 1. The summed E-state index contributed by atoms with van der Waals surface area (Å²) in [4.78, 5) is 22.5. The molecule has 1 aliphatic heterocycles. The summed E-state index contributed by atoms with van der Waals surface area (Å²) in [6.45, 7) is 3.73. The maximum Gasteiger partial charge on any atom is 0.306 e. The molecule has 1 saturated heterocycles. The van der Waals surface area contributed by atoms with Crippen LogP contribution in [0.15, 0.2) is 54.6 Å². The van der Waals surface area contributed by atoms with Gasteiger partial charge in [-0.3, -0.25) is 4.79 Å². The van der Waals surface area contributed by atoms with Gasteiger partial charge in [0.25, 0.3) is 0 Å². The van der Waals surface area contributed by atoms with Gasteiger partial charge in [-0.1, -0.05) is 54.6 Å². The Balaban J connectivity index is 1.41. The average molecular weight is 429 g/mol. The van der Waals surface area contributed by atoms with Gasteiger partial charge >= 0.3 is 5.97 Å². The summed E-state index contributed by atoms with van der Waals surface area (Å²) in [5.74, 6) is 0.493. The van der Waals surface area contributed by atoms with Gasteiger partial charge < -0.3 is 9.84 Å². The molecule has 31 heavy (non-hydrogen) atoms. The number of aliphatic hydroxyl groups is 1. The van der Waals surface area contributed by atoms with E-state index in [1.807, 2.05) is 38.1 Å². The zero-order valence-electron chi connectivity index (χ0n) is 18.7. The largest absolute Gasteiger partial charge is 0.463 e. The molecule has 2 fully saturated rings. The predicted octanol–water partition coefficient (Wildman–Crippen LogP) is 4.94. The lowest BCUT2D eigenvalue weighted by Gasteiger charge is -2.27. The Morgan fingerprint density at radius 3 is 2.74 bits per heavy atom. The fraction of sp³-hybridized carbons (Fsp3) is 0.577. The summed E-state index contributed by atoms with van der Waals surface area (Å²) >= 11 is 0. The number of esters is 1. The van der Waals surface area contributed by atoms with Crippen molar-refractivity contribution in [2.75, 3.05) is 0 Å². The van der Waals surface area contributed by atoms with Gasteiger partial charge in [-0.05, 0) is 51.5 Å². The highest BCUT2D eigenvalue weighted by atomic mass is 17.2. The first-order valence-electron chi connectivity index (χ1n) is 11.6. The Bertz CT molecular complexity index is 727. The maximum absolute atomic E-state index is 11.6. The van der Waals surface area contributed by atoms with Gasteiger partial charge in [0.1, 0.15) is 6.10 Å².